The highest BCUT2D eigenvalue weighted by Gasteiger charge is 2.38. The zero-order chi connectivity index (χ0) is 19.7. The number of ether oxygens (including phenoxy) is 1. The van der Waals surface area contributed by atoms with E-state index < -0.39 is 0 Å². The van der Waals surface area contributed by atoms with Crippen LogP contribution in [0.1, 0.15) is 45.4 Å². The molecule has 28 heavy (non-hydrogen) atoms. The largest absolute Gasteiger partial charge is 0.497 e. The second-order valence-corrected chi connectivity index (χ2v) is 7.44. The highest BCUT2D eigenvalue weighted by Crippen LogP contribution is 2.43. The fourth-order valence-electron chi connectivity index (χ4n) is 4.22. The van der Waals surface area contributed by atoms with Crippen molar-refractivity contribution in [3.8, 4) is 5.75 Å². The molecule has 0 saturated carbocycles. The molecule has 0 aliphatic carbocycles. The van der Waals surface area contributed by atoms with Crippen molar-refractivity contribution in [3.05, 3.63) is 100 Å². The Balaban J connectivity index is 1.84. The van der Waals surface area contributed by atoms with Crippen LogP contribution in [-0.4, -0.2) is 12.8 Å². The molecule has 3 aromatic rings. The van der Waals surface area contributed by atoms with Crippen LogP contribution < -0.4 is 4.74 Å². The Labute approximate surface area is 166 Å². The predicted molar refractivity (Wildman–Crippen MR) is 113 cm³/mol. The monoisotopic (exact) mass is 371 g/mol. The Morgan fingerprint density at radius 3 is 2.18 bits per heavy atom. The molecule has 0 unspecified atom stereocenters. The molecule has 142 valence electrons. The Kier molecular flexibility index (Phi) is 4.91. The molecular weight excluding hydrogens is 346 g/mol. The number of oxime groups is 1. The van der Waals surface area contributed by atoms with Gasteiger partial charge in [-0.3, -0.25) is 0 Å². The normalized spacial score (nSPS) is 18.5. The van der Waals surface area contributed by atoms with Crippen molar-refractivity contribution in [2.45, 2.75) is 32.8 Å². The quantitative estimate of drug-likeness (QED) is 0.573. The molecule has 1 heterocycles. The lowest BCUT2D eigenvalue weighted by atomic mass is 9.81. The van der Waals surface area contributed by atoms with E-state index in [9.17, 15) is 0 Å². The lowest BCUT2D eigenvalue weighted by molar-refractivity contribution is 0.0761. The predicted octanol–water partition coefficient (Wildman–Crippen LogP) is 5.88. The first-order valence-electron chi connectivity index (χ1n) is 9.59. The third-order valence-electron chi connectivity index (χ3n) is 5.38. The second kappa shape index (κ2) is 7.51. The van der Waals surface area contributed by atoms with Crippen molar-refractivity contribution >= 4 is 5.71 Å². The second-order valence-electron chi connectivity index (χ2n) is 7.44. The first-order chi connectivity index (χ1) is 13.6. The summed E-state index contributed by atoms with van der Waals surface area (Å²) in [4.78, 5) is 6.05. The number of rotatable bonds is 4. The zero-order valence-electron chi connectivity index (χ0n) is 16.8. The van der Waals surface area contributed by atoms with Gasteiger partial charge in [0.1, 0.15) is 5.75 Å². The molecule has 4 rings (SSSR count). The van der Waals surface area contributed by atoms with Gasteiger partial charge in [0, 0.05) is 5.56 Å². The average Bonchev–Trinajstić information content (AvgIpc) is 3.12. The highest BCUT2D eigenvalue weighted by atomic mass is 16.6. The van der Waals surface area contributed by atoms with E-state index >= 15 is 0 Å². The van der Waals surface area contributed by atoms with Crippen molar-refractivity contribution in [1.82, 2.24) is 0 Å². The Morgan fingerprint density at radius 1 is 0.821 bits per heavy atom. The van der Waals surface area contributed by atoms with Crippen molar-refractivity contribution in [2.75, 3.05) is 7.11 Å². The molecular formula is C25H25NO2. The molecule has 2 atom stereocenters. The van der Waals surface area contributed by atoms with Gasteiger partial charge in [0.05, 0.1) is 18.7 Å². The fraction of sp³-hybridized carbons (Fsp3) is 0.240. The van der Waals surface area contributed by atoms with E-state index in [0.717, 1.165) is 17.0 Å². The van der Waals surface area contributed by atoms with Gasteiger partial charge in [-0.05, 0) is 55.2 Å². The molecule has 0 saturated heterocycles. The van der Waals surface area contributed by atoms with Gasteiger partial charge in [-0.25, -0.2) is 0 Å². The smallest absolute Gasteiger partial charge is 0.165 e. The summed E-state index contributed by atoms with van der Waals surface area (Å²) in [5.41, 5.74) is 8.16. The van der Waals surface area contributed by atoms with Crippen molar-refractivity contribution in [2.24, 2.45) is 5.16 Å². The van der Waals surface area contributed by atoms with E-state index in [1.165, 1.54) is 27.8 Å². The molecule has 0 N–H and O–H groups in total. The summed E-state index contributed by atoms with van der Waals surface area (Å²) < 4.78 is 5.43. The molecule has 0 fully saturated rings. The fourth-order valence-corrected chi connectivity index (χ4v) is 4.22. The van der Waals surface area contributed by atoms with Gasteiger partial charge in [-0.2, -0.15) is 0 Å². The first-order valence-corrected chi connectivity index (χ1v) is 9.59. The molecule has 0 amide bonds. The topological polar surface area (TPSA) is 30.8 Å². The Bertz CT molecular complexity index is 1000. The van der Waals surface area contributed by atoms with Crippen LogP contribution >= 0.6 is 0 Å². The standard InChI is InChI=1S/C25H25NO2/c1-16-13-17(2)22(18(3)14-16)24-23(19-9-6-5-7-10-19)25(28-26-24)20-11-8-12-21(15-20)27-4/h5-15,23,25H,1-4H3/t23-,25+/m1/s1. The first kappa shape index (κ1) is 18.3. The number of hydrogen-bond donors (Lipinski definition) is 0. The van der Waals surface area contributed by atoms with E-state index in [4.69, 9.17) is 9.57 Å². The number of methoxy groups -OCH3 is 1. The number of aryl methyl sites for hydroxylation is 3. The van der Waals surface area contributed by atoms with Gasteiger partial charge >= 0.3 is 0 Å². The van der Waals surface area contributed by atoms with E-state index in [0.29, 0.717) is 0 Å². The van der Waals surface area contributed by atoms with Crippen LogP contribution in [0.25, 0.3) is 0 Å². The molecule has 0 radical (unpaired) electrons. The minimum absolute atomic E-state index is 0.0217. The molecule has 3 nitrogen and oxygen atoms in total. The van der Waals surface area contributed by atoms with Crippen molar-refractivity contribution in [3.63, 3.8) is 0 Å². The lowest BCUT2D eigenvalue weighted by Crippen LogP contribution is -2.18. The minimum atomic E-state index is -0.187. The van der Waals surface area contributed by atoms with Crippen LogP contribution in [0.15, 0.2) is 71.9 Å². The van der Waals surface area contributed by atoms with Crippen LogP contribution in [0.5, 0.6) is 5.75 Å². The van der Waals surface area contributed by atoms with E-state index in [1.807, 2.05) is 24.3 Å². The maximum atomic E-state index is 6.05. The number of benzene rings is 3. The molecule has 1 aliphatic heterocycles. The molecule has 0 aromatic heterocycles. The minimum Gasteiger partial charge on any atom is -0.497 e. The number of hydrogen-bond acceptors (Lipinski definition) is 3. The van der Waals surface area contributed by atoms with E-state index in [-0.39, 0.29) is 12.0 Å². The van der Waals surface area contributed by atoms with Crippen molar-refractivity contribution in [1.29, 1.82) is 0 Å². The third kappa shape index (κ3) is 3.29. The summed E-state index contributed by atoms with van der Waals surface area (Å²) in [6.45, 7) is 6.43. The van der Waals surface area contributed by atoms with Crippen LogP contribution in [0.3, 0.4) is 0 Å². The maximum absolute atomic E-state index is 6.05. The Hall–Kier alpha value is -3.07. The molecule has 3 heteroatoms. The van der Waals surface area contributed by atoms with Crippen LogP contribution in [-0.2, 0) is 4.84 Å². The van der Waals surface area contributed by atoms with Crippen LogP contribution in [0, 0.1) is 20.8 Å². The highest BCUT2D eigenvalue weighted by molar-refractivity contribution is 6.08. The van der Waals surface area contributed by atoms with Gasteiger partial charge in [-0.15, -0.1) is 0 Å². The summed E-state index contributed by atoms with van der Waals surface area (Å²) in [5, 5.41) is 4.60. The average molecular weight is 371 g/mol. The van der Waals surface area contributed by atoms with E-state index in [2.05, 4.69) is 68.4 Å². The molecule has 3 aromatic carbocycles. The molecule has 1 aliphatic rings. The summed E-state index contributed by atoms with van der Waals surface area (Å²) in [6, 6.07) is 23.0. The summed E-state index contributed by atoms with van der Waals surface area (Å²) in [5.74, 6) is 0.845. The zero-order valence-corrected chi connectivity index (χ0v) is 16.8. The van der Waals surface area contributed by atoms with Gasteiger partial charge in [0.2, 0.25) is 0 Å². The lowest BCUT2D eigenvalue weighted by Gasteiger charge is -2.22. The number of nitrogens with zero attached hydrogens (tertiary/aromatic N) is 1. The summed E-state index contributed by atoms with van der Waals surface area (Å²) >= 11 is 0. The molecule has 0 bridgehead atoms. The van der Waals surface area contributed by atoms with Gasteiger partial charge in [0.15, 0.2) is 6.10 Å². The van der Waals surface area contributed by atoms with Crippen LogP contribution in [0.4, 0.5) is 0 Å². The molecule has 0 spiro atoms. The summed E-state index contributed by atoms with van der Waals surface area (Å²) in [7, 11) is 1.68. The maximum Gasteiger partial charge on any atom is 0.165 e. The van der Waals surface area contributed by atoms with Gasteiger partial charge in [-0.1, -0.05) is 65.3 Å². The van der Waals surface area contributed by atoms with Crippen LogP contribution in [0.2, 0.25) is 0 Å². The third-order valence-corrected chi connectivity index (χ3v) is 5.38. The van der Waals surface area contributed by atoms with E-state index in [1.54, 1.807) is 7.11 Å². The SMILES string of the molecule is COc1cccc([C@@H]2ON=C(c3c(C)cc(C)cc3C)[C@H]2c2ccccc2)c1. The van der Waals surface area contributed by atoms with Gasteiger partial charge < -0.3 is 9.57 Å². The Morgan fingerprint density at radius 2 is 1.50 bits per heavy atom. The van der Waals surface area contributed by atoms with Gasteiger partial charge in [0.25, 0.3) is 0 Å². The van der Waals surface area contributed by atoms with Crippen molar-refractivity contribution < 1.29 is 9.57 Å². The summed E-state index contributed by atoms with van der Waals surface area (Å²) in [6.07, 6.45) is -0.187.